The van der Waals surface area contributed by atoms with E-state index in [4.69, 9.17) is 16.0 Å². The maximum atomic E-state index is 11.7. The summed E-state index contributed by atoms with van der Waals surface area (Å²) in [4.78, 5) is 18.1. The molecule has 0 saturated heterocycles. The van der Waals surface area contributed by atoms with Gasteiger partial charge in [-0.2, -0.15) is 4.99 Å². The molecule has 0 bridgehead atoms. The number of azide groups is 1. The van der Waals surface area contributed by atoms with E-state index in [9.17, 15) is 4.79 Å². The maximum absolute atomic E-state index is 11.7. The maximum Gasteiger partial charge on any atom is 0.435 e. The Hall–Kier alpha value is -3.31. The molecular formula is C16H15N5O2. The van der Waals surface area contributed by atoms with Crippen molar-refractivity contribution >= 4 is 11.9 Å². The number of rotatable bonds is 5. The molecule has 0 aromatic heterocycles. The number of carbonyl (C=O) groups is 1. The number of hydrogen-bond acceptors (Lipinski definition) is 3. The second-order valence-corrected chi connectivity index (χ2v) is 4.62. The van der Waals surface area contributed by atoms with Gasteiger partial charge in [-0.15, -0.1) is 0 Å². The summed E-state index contributed by atoms with van der Waals surface area (Å²) >= 11 is 0. The topological polar surface area (TPSA) is 113 Å². The van der Waals surface area contributed by atoms with E-state index in [1.54, 1.807) is 24.3 Å². The Morgan fingerprint density at radius 3 is 2.43 bits per heavy atom. The lowest BCUT2D eigenvalue weighted by Crippen LogP contribution is -2.16. The third-order valence-electron chi connectivity index (χ3n) is 2.98. The van der Waals surface area contributed by atoms with Crippen molar-refractivity contribution in [1.29, 1.82) is 0 Å². The number of amidine groups is 1. The predicted octanol–water partition coefficient (Wildman–Crippen LogP) is 3.54. The molecule has 2 rings (SSSR count). The fraction of sp³-hybridized carbons (Fsp3) is 0.125. The second kappa shape index (κ2) is 8.21. The second-order valence-electron chi connectivity index (χ2n) is 4.62. The lowest BCUT2D eigenvalue weighted by atomic mass is 10.1. The monoisotopic (exact) mass is 309 g/mol. The third-order valence-corrected chi connectivity index (χ3v) is 2.98. The fourth-order valence-corrected chi connectivity index (χ4v) is 1.81. The van der Waals surface area contributed by atoms with Crippen LogP contribution in [-0.4, -0.2) is 11.9 Å². The first-order valence-electron chi connectivity index (χ1n) is 6.84. The average Bonchev–Trinajstić information content (AvgIpc) is 2.59. The predicted molar refractivity (Wildman–Crippen MR) is 86.6 cm³/mol. The van der Waals surface area contributed by atoms with Crippen LogP contribution in [0.4, 0.5) is 4.79 Å². The van der Waals surface area contributed by atoms with Gasteiger partial charge in [-0.1, -0.05) is 59.7 Å². The molecule has 0 spiro atoms. The average molecular weight is 309 g/mol. The van der Waals surface area contributed by atoms with Crippen molar-refractivity contribution in [3.05, 3.63) is 81.7 Å². The number of carbonyl (C=O) groups excluding carboxylic acids is 1. The summed E-state index contributed by atoms with van der Waals surface area (Å²) in [5.74, 6) is 0.0680. The highest BCUT2D eigenvalue weighted by Crippen LogP contribution is 2.07. The molecule has 7 heteroatoms. The summed E-state index contributed by atoms with van der Waals surface area (Å²) in [5, 5.41) is 3.46. The normalized spacial score (nSPS) is 10.7. The van der Waals surface area contributed by atoms with Crippen molar-refractivity contribution in [2.24, 2.45) is 15.8 Å². The highest BCUT2D eigenvalue weighted by atomic mass is 16.5. The molecule has 2 N–H and O–H groups in total. The van der Waals surface area contributed by atoms with Crippen LogP contribution in [0.5, 0.6) is 0 Å². The first-order chi connectivity index (χ1) is 11.2. The standard InChI is InChI=1S/C16H15N5O2/c17-15(14-8-6-12(7-9-14)10-19-21-18)20-16(22)23-11-13-4-2-1-3-5-13/h1-9H,10-11H2,(H2,17,20,22). The van der Waals surface area contributed by atoms with Crippen molar-refractivity contribution in [1.82, 2.24) is 0 Å². The zero-order valence-corrected chi connectivity index (χ0v) is 12.3. The summed E-state index contributed by atoms with van der Waals surface area (Å²) in [7, 11) is 0. The Morgan fingerprint density at radius 1 is 1.09 bits per heavy atom. The third kappa shape index (κ3) is 5.18. The smallest absolute Gasteiger partial charge is 0.435 e. The van der Waals surface area contributed by atoms with E-state index in [0.29, 0.717) is 5.56 Å². The highest BCUT2D eigenvalue weighted by Gasteiger charge is 2.05. The van der Waals surface area contributed by atoms with Crippen LogP contribution in [0.2, 0.25) is 0 Å². The Kier molecular flexibility index (Phi) is 5.74. The van der Waals surface area contributed by atoms with Crippen LogP contribution in [0.25, 0.3) is 10.4 Å². The van der Waals surface area contributed by atoms with E-state index in [0.717, 1.165) is 11.1 Å². The van der Waals surface area contributed by atoms with E-state index in [-0.39, 0.29) is 19.0 Å². The summed E-state index contributed by atoms with van der Waals surface area (Å²) in [5.41, 5.74) is 16.4. The molecule has 0 aliphatic rings. The summed E-state index contributed by atoms with van der Waals surface area (Å²) in [6.45, 7) is 0.397. The molecule has 0 aliphatic carbocycles. The van der Waals surface area contributed by atoms with Gasteiger partial charge in [-0.25, -0.2) is 4.79 Å². The van der Waals surface area contributed by atoms with Crippen LogP contribution in [0.15, 0.2) is 64.7 Å². The quantitative estimate of drug-likeness (QED) is 0.299. The molecule has 116 valence electrons. The van der Waals surface area contributed by atoms with Gasteiger partial charge in [0.2, 0.25) is 0 Å². The minimum absolute atomic E-state index is 0.0680. The first kappa shape index (κ1) is 16.1. The Labute approximate surface area is 133 Å². The Bertz CT molecular complexity index is 735. The van der Waals surface area contributed by atoms with Gasteiger partial charge in [0.25, 0.3) is 0 Å². The van der Waals surface area contributed by atoms with Crippen LogP contribution in [0.1, 0.15) is 16.7 Å². The minimum atomic E-state index is -0.746. The minimum Gasteiger partial charge on any atom is -0.443 e. The number of benzene rings is 2. The molecular weight excluding hydrogens is 294 g/mol. The van der Waals surface area contributed by atoms with Crippen molar-refractivity contribution in [3.63, 3.8) is 0 Å². The number of nitrogens with zero attached hydrogens (tertiary/aromatic N) is 4. The molecule has 23 heavy (non-hydrogen) atoms. The number of hydrogen-bond donors (Lipinski definition) is 1. The number of aliphatic imine (C=N–C) groups is 1. The van der Waals surface area contributed by atoms with E-state index < -0.39 is 6.09 Å². The van der Waals surface area contributed by atoms with Crippen molar-refractivity contribution in [2.45, 2.75) is 13.2 Å². The molecule has 0 heterocycles. The zero-order chi connectivity index (χ0) is 16.5. The van der Waals surface area contributed by atoms with Gasteiger partial charge in [0.1, 0.15) is 12.4 Å². The van der Waals surface area contributed by atoms with Crippen LogP contribution < -0.4 is 5.73 Å². The van der Waals surface area contributed by atoms with Crippen LogP contribution in [0, 0.1) is 0 Å². The van der Waals surface area contributed by atoms with Crippen LogP contribution in [0.3, 0.4) is 0 Å². The largest absolute Gasteiger partial charge is 0.443 e. The van der Waals surface area contributed by atoms with Gasteiger partial charge < -0.3 is 10.5 Å². The number of ether oxygens (including phenoxy) is 1. The summed E-state index contributed by atoms with van der Waals surface area (Å²) < 4.78 is 5.04. The molecule has 7 nitrogen and oxygen atoms in total. The lowest BCUT2D eigenvalue weighted by Gasteiger charge is -2.04. The summed E-state index contributed by atoms with van der Waals surface area (Å²) in [6.07, 6.45) is -0.746. The molecule has 0 aliphatic heterocycles. The molecule has 0 unspecified atom stereocenters. The Morgan fingerprint density at radius 2 is 1.78 bits per heavy atom. The SMILES string of the molecule is [N-]=[N+]=NCc1ccc(/C(N)=N/C(=O)OCc2ccccc2)cc1. The zero-order valence-electron chi connectivity index (χ0n) is 12.3. The van der Waals surface area contributed by atoms with E-state index in [2.05, 4.69) is 15.0 Å². The Balaban J connectivity index is 1.95. The van der Waals surface area contributed by atoms with Gasteiger partial charge in [0, 0.05) is 10.5 Å². The van der Waals surface area contributed by atoms with Gasteiger partial charge >= 0.3 is 6.09 Å². The van der Waals surface area contributed by atoms with Gasteiger partial charge in [-0.3, -0.25) is 0 Å². The van der Waals surface area contributed by atoms with Gasteiger partial charge in [-0.05, 0) is 16.7 Å². The van der Waals surface area contributed by atoms with E-state index in [1.165, 1.54) is 0 Å². The molecule has 0 fully saturated rings. The summed E-state index contributed by atoms with van der Waals surface area (Å²) in [6, 6.07) is 16.2. The van der Waals surface area contributed by atoms with Crippen LogP contribution >= 0.6 is 0 Å². The number of nitrogens with two attached hydrogens (primary N) is 1. The van der Waals surface area contributed by atoms with Crippen molar-refractivity contribution in [2.75, 3.05) is 0 Å². The molecule has 2 aromatic rings. The molecule has 0 atom stereocenters. The first-order valence-corrected chi connectivity index (χ1v) is 6.84. The van der Waals surface area contributed by atoms with Gasteiger partial charge in [0.05, 0.1) is 6.54 Å². The van der Waals surface area contributed by atoms with Crippen molar-refractivity contribution < 1.29 is 9.53 Å². The molecule has 1 amide bonds. The van der Waals surface area contributed by atoms with E-state index in [1.807, 2.05) is 30.3 Å². The molecule has 0 saturated carbocycles. The number of amides is 1. The van der Waals surface area contributed by atoms with E-state index >= 15 is 0 Å². The molecule has 2 aromatic carbocycles. The molecule has 0 radical (unpaired) electrons. The van der Waals surface area contributed by atoms with Gasteiger partial charge in [0.15, 0.2) is 0 Å². The van der Waals surface area contributed by atoms with Crippen LogP contribution in [-0.2, 0) is 17.9 Å². The van der Waals surface area contributed by atoms with Crippen molar-refractivity contribution in [3.8, 4) is 0 Å². The lowest BCUT2D eigenvalue weighted by molar-refractivity contribution is 0.151. The fourth-order valence-electron chi connectivity index (χ4n) is 1.81. The highest BCUT2D eigenvalue weighted by molar-refractivity contribution is 6.02.